The highest BCUT2D eigenvalue weighted by Crippen LogP contribution is 2.06. The van der Waals surface area contributed by atoms with Crippen molar-refractivity contribution in [2.75, 3.05) is 7.05 Å². The number of rotatable bonds is 0. The lowest BCUT2D eigenvalue weighted by Crippen LogP contribution is -2.32. The first-order chi connectivity index (χ1) is 4.22. The Morgan fingerprint density at radius 3 is 2.89 bits per heavy atom. The standard InChI is InChI=1S/C6H10N2O/c1-5-3-7-4-6(9)8(5)2/h3-4,6,9H,1-2H3. The molecule has 0 fully saturated rings. The molecule has 0 bridgehead atoms. The summed E-state index contributed by atoms with van der Waals surface area (Å²) in [4.78, 5) is 5.55. The van der Waals surface area contributed by atoms with Crippen molar-refractivity contribution in [2.24, 2.45) is 4.99 Å². The molecule has 1 heterocycles. The monoisotopic (exact) mass is 126 g/mol. The van der Waals surface area contributed by atoms with E-state index in [-0.39, 0.29) is 0 Å². The third-order valence-corrected chi connectivity index (χ3v) is 1.43. The fourth-order valence-corrected chi connectivity index (χ4v) is 0.628. The SMILES string of the molecule is CC1=CN=CC(O)N1C. The Balaban J connectivity index is 2.73. The van der Waals surface area contributed by atoms with E-state index in [1.54, 1.807) is 11.1 Å². The Hall–Kier alpha value is -0.830. The van der Waals surface area contributed by atoms with Crippen LogP contribution in [-0.4, -0.2) is 29.5 Å². The highest BCUT2D eigenvalue weighted by Gasteiger charge is 2.10. The third-order valence-electron chi connectivity index (χ3n) is 1.43. The van der Waals surface area contributed by atoms with Crippen molar-refractivity contribution < 1.29 is 5.11 Å². The minimum Gasteiger partial charge on any atom is -0.368 e. The van der Waals surface area contributed by atoms with Gasteiger partial charge in [0.05, 0.1) is 6.21 Å². The van der Waals surface area contributed by atoms with E-state index in [1.807, 2.05) is 14.0 Å². The van der Waals surface area contributed by atoms with Crippen LogP contribution in [0, 0.1) is 0 Å². The van der Waals surface area contributed by atoms with Gasteiger partial charge in [0.1, 0.15) is 0 Å². The molecule has 0 aliphatic carbocycles. The van der Waals surface area contributed by atoms with Gasteiger partial charge in [-0.2, -0.15) is 0 Å². The minimum atomic E-state index is -0.546. The number of hydrogen-bond acceptors (Lipinski definition) is 3. The highest BCUT2D eigenvalue weighted by molar-refractivity contribution is 5.64. The Kier molecular flexibility index (Phi) is 1.53. The lowest BCUT2D eigenvalue weighted by atomic mass is 10.4. The van der Waals surface area contributed by atoms with Gasteiger partial charge in [-0.15, -0.1) is 0 Å². The fourth-order valence-electron chi connectivity index (χ4n) is 0.628. The van der Waals surface area contributed by atoms with Crippen molar-refractivity contribution in [1.82, 2.24) is 4.90 Å². The summed E-state index contributed by atoms with van der Waals surface area (Å²) in [6.45, 7) is 1.90. The third kappa shape index (κ3) is 1.10. The maximum atomic E-state index is 9.08. The summed E-state index contributed by atoms with van der Waals surface area (Å²) in [5, 5.41) is 9.08. The molecule has 3 nitrogen and oxygen atoms in total. The Bertz CT molecular complexity index is 162. The average molecular weight is 126 g/mol. The van der Waals surface area contributed by atoms with Crippen molar-refractivity contribution in [3.8, 4) is 0 Å². The molecular formula is C6H10N2O. The molecule has 1 rings (SSSR count). The molecule has 0 amide bonds. The summed E-state index contributed by atoms with van der Waals surface area (Å²) in [6, 6.07) is 0. The molecule has 0 spiro atoms. The van der Waals surface area contributed by atoms with Gasteiger partial charge in [0, 0.05) is 18.9 Å². The second kappa shape index (κ2) is 2.19. The van der Waals surface area contributed by atoms with Crippen molar-refractivity contribution in [2.45, 2.75) is 13.2 Å². The molecule has 0 aromatic carbocycles. The molecular weight excluding hydrogens is 116 g/mol. The van der Waals surface area contributed by atoms with Gasteiger partial charge < -0.3 is 10.0 Å². The van der Waals surface area contributed by atoms with Gasteiger partial charge in [-0.3, -0.25) is 4.99 Å². The van der Waals surface area contributed by atoms with Crippen molar-refractivity contribution in [3.05, 3.63) is 11.9 Å². The number of allylic oxidation sites excluding steroid dienone is 1. The van der Waals surface area contributed by atoms with Crippen LogP contribution in [0.4, 0.5) is 0 Å². The van der Waals surface area contributed by atoms with Gasteiger partial charge >= 0.3 is 0 Å². The smallest absolute Gasteiger partial charge is 0.163 e. The summed E-state index contributed by atoms with van der Waals surface area (Å²) in [5.41, 5.74) is 0.977. The van der Waals surface area contributed by atoms with E-state index < -0.39 is 6.23 Å². The number of aliphatic hydroxyl groups excluding tert-OH is 1. The molecule has 1 atom stereocenters. The lowest BCUT2D eigenvalue weighted by Gasteiger charge is -2.24. The normalized spacial score (nSPS) is 26.3. The predicted molar refractivity (Wildman–Crippen MR) is 36.0 cm³/mol. The Morgan fingerprint density at radius 1 is 1.78 bits per heavy atom. The molecule has 0 aromatic rings. The summed E-state index contributed by atoms with van der Waals surface area (Å²) in [6.07, 6.45) is 2.66. The second-order valence-electron chi connectivity index (χ2n) is 2.09. The minimum absolute atomic E-state index is 0.546. The zero-order chi connectivity index (χ0) is 6.85. The van der Waals surface area contributed by atoms with Crippen LogP contribution in [-0.2, 0) is 0 Å². The van der Waals surface area contributed by atoms with Crippen LogP contribution in [0.1, 0.15) is 6.92 Å². The molecule has 1 N–H and O–H groups in total. The van der Waals surface area contributed by atoms with E-state index in [9.17, 15) is 0 Å². The molecule has 0 radical (unpaired) electrons. The number of nitrogens with zero attached hydrogens (tertiary/aromatic N) is 2. The summed E-state index contributed by atoms with van der Waals surface area (Å²) in [5.74, 6) is 0. The van der Waals surface area contributed by atoms with Crippen LogP contribution in [0.5, 0.6) is 0 Å². The van der Waals surface area contributed by atoms with Crippen LogP contribution in [0.3, 0.4) is 0 Å². The molecule has 1 aliphatic rings. The molecule has 3 heteroatoms. The van der Waals surface area contributed by atoms with Gasteiger partial charge in [0.2, 0.25) is 0 Å². The average Bonchev–Trinajstić information content (AvgIpc) is 1.83. The van der Waals surface area contributed by atoms with E-state index in [1.165, 1.54) is 6.21 Å². The topological polar surface area (TPSA) is 35.8 Å². The van der Waals surface area contributed by atoms with E-state index in [2.05, 4.69) is 4.99 Å². The first-order valence-corrected chi connectivity index (χ1v) is 2.83. The highest BCUT2D eigenvalue weighted by atomic mass is 16.3. The van der Waals surface area contributed by atoms with E-state index in [0.717, 1.165) is 5.70 Å². The van der Waals surface area contributed by atoms with E-state index in [4.69, 9.17) is 5.11 Å². The molecule has 1 unspecified atom stereocenters. The van der Waals surface area contributed by atoms with Gasteiger partial charge in [-0.1, -0.05) is 0 Å². The molecule has 0 aromatic heterocycles. The van der Waals surface area contributed by atoms with Crippen LogP contribution in [0.25, 0.3) is 0 Å². The first kappa shape index (κ1) is 6.29. The molecule has 0 saturated carbocycles. The molecule has 9 heavy (non-hydrogen) atoms. The van der Waals surface area contributed by atoms with Gasteiger partial charge in [-0.05, 0) is 6.92 Å². The zero-order valence-corrected chi connectivity index (χ0v) is 5.57. The van der Waals surface area contributed by atoms with E-state index >= 15 is 0 Å². The summed E-state index contributed by atoms with van der Waals surface area (Å²) >= 11 is 0. The summed E-state index contributed by atoms with van der Waals surface area (Å²) in [7, 11) is 1.82. The molecule has 1 aliphatic heterocycles. The van der Waals surface area contributed by atoms with Crippen LogP contribution < -0.4 is 0 Å². The fraction of sp³-hybridized carbons (Fsp3) is 0.500. The first-order valence-electron chi connectivity index (χ1n) is 2.83. The lowest BCUT2D eigenvalue weighted by molar-refractivity contribution is 0.108. The molecule has 0 saturated heterocycles. The van der Waals surface area contributed by atoms with E-state index in [0.29, 0.717) is 0 Å². The molecule has 50 valence electrons. The Morgan fingerprint density at radius 2 is 2.44 bits per heavy atom. The van der Waals surface area contributed by atoms with Crippen LogP contribution in [0.15, 0.2) is 16.9 Å². The quantitative estimate of drug-likeness (QED) is 0.502. The maximum Gasteiger partial charge on any atom is 0.163 e. The van der Waals surface area contributed by atoms with Gasteiger partial charge in [0.25, 0.3) is 0 Å². The number of hydrogen-bond donors (Lipinski definition) is 1. The van der Waals surface area contributed by atoms with Crippen LogP contribution in [0.2, 0.25) is 0 Å². The van der Waals surface area contributed by atoms with Crippen molar-refractivity contribution in [1.29, 1.82) is 0 Å². The van der Waals surface area contributed by atoms with Crippen molar-refractivity contribution >= 4 is 6.21 Å². The van der Waals surface area contributed by atoms with Crippen molar-refractivity contribution in [3.63, 3.8) is 0 Å². The number of aliphatic hydroxyl groups is 1. The maximum absolute atomic E-state index is 9.08. The van der Waals surface area contributed by atoms with Gasteiger partial charge in [0.15, 0.2) is 6.23 Å². The predicted octanol–water partition coefficient (Wildman–Crippen LogP) is 0.182. The largest absolute Gasteiger partial charge is 0.368 e. The number of aliphatic imine (C=N–C) groups is 1. The second-order valence-corrected chi connectivity index (χ2v) is 2.09. The Labute approximate surface area is 54.3 Å². The van der Waals surface area contributed by atoms with Gasteiger partial charge in [-0.25, -0.2) is 0 Å². The summed E-state index contributed by atoms with van der Waals surface area (Å²) < 4.78 is 0. The zero-order valence-electron chi connectivity index (χ0n) is 5.57. The van der Waals surface area contributed by atoms with Crippen LogP contribution >= 0.6 is 0 Å².